The number of nitrogens with one attached hydrogen (secondary N) is 1. The summed E-state index contributed by atoms with van der Waals surface area (Å²) in [7, 11) is 0. The topological polar surface area (TPSA) is 85.8 Å². The highest BCUT2D eigenvalue weighted by Gasteiger charge is 2.23. The zero-order chi connectivity index (χ0) is 17.6. The maximum Gasteiger partial charge on any atom is 0.236 e. The van der Waals surface area contributed by atoms with Crippen LogP contribution < -0.4 is 5.32 Å². The van der Waals surface area contributed by atoms with Crippen LogP contribution in [0.4, 0.5) is 5.82 Å². The first-order chi connectivity index (χ1) is 12.2. The van der Waals surface area contributed by atoms with Crippen molar-refractivity contribution in [2.45, 2.75) is 56.6 Å². The van der Waals surface area contributed by atoms with Gasteiger partial charge in [-0.25, -0.2) is 0 Å². The number of thioether (sulfide) groups is 1. The molecule has 0 unspecified atom stereocenters. The summed E-state index contributed by atoms with van der Waals surface area (Å²) < 4.78 is 7.03. The molecule has 0 atom stereocenters. The summed E-state index contributed by atoms with van der Waals surface area (Å²) in [5.74, 6) is 2.67. The van der Waals surface area contributed by atoms with Gasteiger partial charge in [0.15, 0.2) is 11.0 Å². The fourth-order valence-electron chi connectivity index (χ4n) is 3.10. The van der Waals surface area contributed by atoms with Gasteiger partial charge in [0.1, 0.15) is 11.6 Å². The van der Waals surface area contributed by atoms with Gasteiger partial charge >= 0.3 is 0 Å². The largest absolute Gasteiger partial charge is 0.360 e. The first-order valence-electron chi connectivity index (χ1n) is 8.57. The number of aryl methyl sites for hydroxylation is 1. The van der Waals surface area contributed by atoms with E-state index in [0.717, 1.165) is 23.8 Å². The third-order valence-electron chi connectivity index (χ3n) is 4.26. The summed E-state index contributed by atoms with van der Waals surface area (Å²) in [4.78, 5) is 12.1. The molecule has 0 saturated heterocycles. The third kappa shape index (κ3) is 4.50. The molecule has 0 bridgehead atoms. The fourth-order valence-corrected chi connectivity index (χ4v) is 3.86. The van der Waals surface area contributed by atoms with Crippen LogP contribution in [-0.2, 0) is 11.3 Å². The number of carbonyl (C=O) groups is 1. The Balaban J connectivity index is 1.64. The van der Waals surface area contributed by atoms with Crippen LogP contribution >= 0.6 is 11.8 Å². The Labute approximate surface area is 151 Å². The number of hydrogen-bond donors (Lipinski definition) is 1. The van der Waals surface area contributed by atoms with E-state index in [1.807, 2.05) is 6.08 Å². The van der Waals surface area contributed by atoms with Gasteiger partial charge in [-0.1, -0.05) is 42.3 Å². The van der Waals surface area contributed by atoms with Gasteiger partial charge in [0.25, 0.3) is 0 Å². The highest BCUT2D eigenvalue weighted by atomic mass is 32.2. The number of hydrogen-bond acceptors (Lipinski definition) is 6. The molecule has 1 saturated carbocycles. The van der Waals surface area contributed by atoms with E-state index in [9.17, 15) is 4.79 Å². The van der Waals surface area contributed by atoms with Crippen molar-refractivity contribution >= 4 is 23.5 Å². The molecule has 134 valence electrons. The monoisotopic (exact) mass is 361 g/mol. The average Bonchev–Trinajstić information content (AvgIpc) is 3.20. The minimum Gasteiger partial charge on any atom is -0.360 e. The van der Waals surface area contributed by atoms with Crippen LogP contribution in [0.3, 0.4) is 0 Å². The van der Waals surface area contributed by atoms with Crippen LogP contribution in [0.25, 0.3) is 0 Å². The molecule has 2 aromatic rings. The number of rotatable bonds is 7. The van der Waals surface area contributed by atoms with Gasteiger partial charge in [-0.05, 0) is 19.8 Å². The molecule has 1 amide bonds. The lowest BCUT2D eigenvalue weighted by Crippen LogP contribution is -2.15. The second-order valence-corrected chi connectivity index (χ2v) is 7.18. The normalized spacial score (nSPS) is 15.2. The van der Waals surface area contributed by atoms with E-state index in [1.54, 1.807) is 13.0 Å². The number of anilines is 1. The summed E-state index contributed by atoms with van der Waals surface area (Å²) in [5, 5.41) is 15.9. The summed E-state index contributed by atoms with van der Waals surface area (Å²) >= 11 is 1.38. The van der Waals surface area contributed by atoms with Crippen LogP contribution in [0.5, 0.6) is 0 Å². The molecule has 1 aliphatic rings. The molecule has 0 radical (unpaired) electrons. The van der Waals surface area contributed by atoms with Gasteiger partial charge in [-0.15, -0.1) is 16.8 Å². The minimum absolute atomic E-state index is 0.148. The van der Waals surface area contributed by atoms with Gasteiger partial charge in [0.2, 0.25) is 5.91 Å². The SMILES string of the molecule is C=CCn1c(SCC(=O)Nc2cc(C)on2)nnc1C1CCCCC1. The molecule has 2 aromatic heterocycles. The minimum atomic E-state index is -0.148. The van der Waals surface area contributed by atoms with E-state index in [4.69, 9.17) is 4.52 Å². The molecule has 8 heteroatoms. The van der Waals surface area contributed by atoms with E-state index in [2.05, 4.69) is 31.8 Å². The van der Waals surface area contributed by atoms with Gasteiger partial charge in [0.05, 0.1) is 5.75 Å². The molecule has 25 heavy (non-hydrogen) atoms. The number of allylic oxidation sites excluding steroid dienone is 1. The molecule has 1 aliphatic carbocycles. The molecule has 1 N–H and O–H groups in total. The van der Waals surface area contributed by atoms with Crippen LogP contribution in [0.15, 0.2) is 28.4 Å². The smallest absolute Gasteiger partial charge is 0.236 e. The Bertz CT molecular complexity index is 733. The van der Waals surface area contributed by atoms with Crippen molar-refractivity contribution < 1.29 is 9.32 Å². The van der Waals surface area contributed by atoms with Gasteiger partial charge in [-0.2, -0.15) is 0 Å². The lowest BCUT2D eigenvalue weighted by Gasteiger charge is -2.21. The van der Waals surface area contributed by atoms with Gasteiger partial charge < -0.3 is 14.4 Å². The second kappa shape index (κ2) is 8.33. The second-order valence-electron chi connectivity index (χ2n) is 6.23. The van der Waals surface area contributed by atoms with Gasteiger partial charge in [-0.3, -0.25) is 4.79 Å². The molecule has 0 spiro atoms. The van der Waals surface area contributed by atoms with E-state index >= 15 is 0 Å². The lowest BCUT2D eigenvalue weighted by atomic mass is 9.89. The maximum atomic E-state index is 12.1. The molecule has 2 heterocycles. The van der Waals surface area contributed by atoms with Crippen LogP contribution in [0, 0.1) is 6.92 Å². The Morgan fingerprint density at radius 1 is 1.44 bits per heavy atom. The third-order valence-corrected chi connectivity index (χ3v) is 5.22. The highest BCUT2D eigenvalue weighted by molar-refractivity contribution is 7.99. The first-order valence-corrected chi connectivity index (χ1v) is 9.56. The molecular weight excluding hydrogens is 338 g/mol. The molecule has 0 aliphatic heterocycles. The predicted molar refractivity (Wildman–Crippen MR) is 96.6 cm³/mol. The quantitative estimate of drug-likeness (QED) is 0.600. The van der Waals surface area contributed by atoms with Crippen LogP contribution in [0.1, 0.15) is 49.6 Å². The molecule has 7 nitrogen and oxygen atoms in total. The number of carbonyl (C=O) groups excluding carboxylic acids is 1. The molecule has 1 fully saturated rings. The van der Waals surface area contributed by atoms with Crippen molar-refractivity contribution in [2.24, 2.45) is 0 Å². The van der Waals surface area contributed by atoms with Crippen molar-refractivity contribution in [1.82, 2.24) is 19.9 Å². The van der Waals surface area contributed by atoms with E-state index in [1.165, 1.54) is 31.0 Å². The summed E-state index contributed by atoms with van der Waals surface area (Å²) in [6, 6.07) is 1.68. The average molecular weight is 361 g/mol. The summed E-state index contributed by atoms with van der Waals surface area (Å²) in [5.41, 5.74) is 0. The van der Waals surface area contributed by atoms with E-state index < -0.39 is 0 Å². The zero-order valence-corrected chi connectivity index (χ0v) is 15.2. The number of amides is 1. The Morgan fingerprint density at radius 2 is 2.24 bits per heavy atom. The summed E-state index contributed by atoms with van der Waals surface area (Å²) in [6.07, 6.45) is 7.95. The summed E-state index contributed by atoms with van der Waals surface area (Å²) in [6.45, 7) is 6.27. The fraction of sp³-hybridized carbons (Fsp3) is 0.529. The van der Waals surface area contributed by atoms with Crippen molar-refractivity contribution in [3.8, 4) is 0 Å². The Kier molecular flexibility index (Phi) is 5.91. The van der Waals surface area contributed by atoms with E-state index in [0.29, 0.717) is 24.0 Å². The van der Waals surface area contributed by atoms with Crippen LogP contribution in [0.2, 0.25) is 0 Å². The van der Waals surface area contributed by atoms with Crippen molar-refractivity contribution in [1.29, 1.82) is 0 Å². The number of aromatic nitrogens is 4. The van der Waals surface area contributed by atoms with Crippen molar-refractivity contribution in [3.05, 3.63) is 30.3 Å². The van der Waals surface area contributed by atoms with E-state index in [-0.39, 0.29) is 11.7 Å². The first kappa shape index (κ1) is 17.7. The maximum absolute atomic E-state index is 12.1. The Morgan fingerprint density at radius 3 is 2.92 bits per heavy atom. The number of nitrogens with zero attached hydrogens (tertiary/aromatic N) is 4. The molecule has 0 aromatic carbocycles. The predicted octanol–water partition coefficient (Wildman–Crippen LogP) is 3.54. The van der Waals surface area contributed by atoms with Crippen molar-refractivity contribution in [3.63, 3.8) is 0 Å². The standard InChI is InChI=1S/C17H23N5O2S/c1-3-9-22-16(13-7-5-4-6-8-13)19-20-17(22)25-11-15(23)18-14-10-12(2)24-21-14/h3,10,13H,1,4-9,11H2,2H3,(H,18,21,23). The van der Waals surface area contributed by atoms with Crippen molar-refractivity contribution in [2.75, 3.05) is 11.1 Å². The lowest BCUT2D eigenvalue weighted by molar-refractivity contribution is -0.113. The highest BCUT2D eigenvalue weighted by Crippen LogP contribution is 2.33. The molecular formula is C17H23N5O2S. The molecule has 3 rings (SSSR count). The van der Waals surface area contributed by atoms with Crippen LogP contribution in [-0.4, -0.2) is 31.6 Å². The zero-order valence-electron chi connectivity index (χ0n) is 14.4. The van der Waals surface area contributed by atoms with Gasteiger partial charge in [0, 0.05) is 18.5 Å². The Hall–Kier alpha value is -2.09.